The highest BCUT2D eigenvalue weighted by Crippen LogP contribution is 2.36. The molecular weight excluding hydrogens is 200 g/mol. The molecule has 1 N–H and O–H groups in total. The van der Waals surface area contributed by atoms with Crippen LogP contribution >= 0.6 is 0 Å². The maximum Gasteiger partial charge on any atom is 0.0593 e. The fourth-order valence-corrected chi connectivity index (χ4v) is 3.24. The Morgan fingerprint density at radius 3 is 2.81 bits per heavy atom. The van der Waals surface area contributed by atoms with Crippen LogP contribution in [0, 0.1) is 0 Å². The molecule has 1 unspecified atom stereocenters. The number of hydrogen-bond acceptors (Lipinski definition) is 3. The van der Waals surface area contributed by atoms with E-state index >= 15 is 0 Å². The Labute approximate surface area is 99.5 Å². The summed E-state index contributed by atoms with van der Waals surface area (Å²) in [6.45, 7) is 9.58. The van der Waals surface area contributed by atoms with Gasteiger partial charge < -0.3 is 10.1 Å². The highest BCUT2D eigenvalue weighted by Gasteiger charge is 2.42. The molecule has 1 aliphatic heterocycles. The molecule has 3 nitrogen and oxygen atoms in total. The fraction of sp³-hybridized carbons (Fsp3) is 1.00. The minimum absolute atomic E-state index is 0.462. The molecule has 0 bridgehead atoms. The van der Waals surface area contributed by atoms with Crippen molar-refractivity contribution in [2.45, 2.75) is 51.1 Å². The van der Waals surface area contributed by atoms with Crippen molar-refractivity contribution in [3.8, 4) is 0 Å². The van der Waals surface area contributed by atoms with E-state index in [1.165, 1.54) is 38.8 Å². The lowest BCUT2D eigenvalue weighted by Crippen LogP contribution is -2.63. The van der Waals surface area contributed by atoms with Crippen LogP contribution in [0.25, 0.3) is 0 Å². The van der Waals surface area contributed by atoms with Crippen LogP contribution in [-0.2, 0) is 4.74 Å². The summed E-state index contributed by atoms with van der Waals surface area (Å²) in [5.74, 6) is 0. The number of rotatable bonds is 4. The smallest absolute Gasteiger partial charge is 0.0593 e. The Balaban J connectivity index is 1.92. The first kappa shape index (κ1) is 12.3. The second-order valence-electron chi connectivity index (χ2n) is 5.36. The Bertz CT molecular complexity index is 214. The molecule has 0 radical (unpaired) electrons. The third-order valence-corrected chi connectivity index (χ3v) is 4.19. The van der Waals surface area contributed by atoms with Crippen LogP contribution in [0.5, 0.6) is 0 Å². The summed E-state index contributed by atoms with van der Waals surface area (Å²) in [5, 5.41) is 3.65. The van der Waals surface area contributed by atoms with Crippen LogP contribution in [0.15, 0.2) is 0 Å². The van der Waals surface area contributed by atoms with E-state index in [2.05, 4.69) is 24.1 Å². The van der Waals surface area contributed by atoms with Gasteiger partial charge in [-0.3, -0.25) is 4.90 Å². The maximum atomic E-state index is 5.51. The summed E-state index contributed by atoms with van der Waals surface area (Å²) in [6, 6.07) is 0.632. The van der Waals surface area contributed by atoms with E-state index in [-0.39, 0.29) is 0 Å². The van der Waals surface area contributed by atoms with Gasteiger partial charge in [-0.15, -0.1) is 0 Å². The van der Waals surface area contributed by atoms with E-state index in [1.54, 1.807) is 0 Å². The van der Waals surface area contributed by atoms with Crippen LogP contribution in [0.1, 0.15) is 39.5 Å². The lowest BCUT2D eigenvalue weighted by Gasteiger charge is -2.47. The third-order valence-electron chi connectivity index (χ3n) is 4.19. The highest BCUT2D eigenvalue weighted by atomic mass is 16.5. The van der Waals surface area contributed by atoms with E-state index in [0.717, 1.165) is 19.8 Å². The Hall–Kier alpha value is -0.120. The average Bonchev–Trinajstić information content (AvgIpc) is 2.74. The Kier molecular flexibility index (Phi) is 4.22. The van der Waals surface area contributed by atoms with Crippen LogP contribution in [-0.4, -0.2) is 49.3 Å². The maximum absolute atomic E-state index is 5.51. The summed E-state index contributed by atoms with van der Waals surface area (Å²) < 4.78 is 5.51. The van der Waals surface area contributed by atoms with Crippen LogP contribution in [0.4, 0.5) is 0 Å². The quantitative estimate of drug-likeness (QED) is 0.737. The van der Waals surface area contributed by atoms with Crippen molar-refractivity contribution in [1.29, 1.82) is 0 Å². The van der Waals surface area contributed by atoms with E-state index in [1.807, 2.05) is 0 Å². The number of piperazine rings is 1. The average molecular weight is 226 g/mol. The largest absolute Gasteiger partial charge is 0.380 e. The molecule has 1 aliphatic carbocycles. The zero-order chi connectivity index (χ0) is 11.4. The van der Waals surface area contributed by atoms with Crippen molar-refractivity contribution >= 4 is 0 Å². The topological polar surface area (TPSA) is 24.5 Å². The van der Waals surface area contributed by atoms with Gasteiger partial charge in [-0.1, -0.05) is 12.8 Å². The molecule has 0 aromatic rings. The number of nitrogens with one attached hydrogen (secondary N) is 1. The highest BCUT2D eigenvalue weighted by molar-refractivity contribution is 5.01. The Morgan fingerprint density at radius 1 is 1.38 bits per heavy atom. The van der Waals surface area contributed by atoms with Crippen molar-refractivity contribution in [2.75, 3.05) is 32.8 Å². The molecule has 2 fully saturated rings. The van der Waals surface area contributed by atoms with Crippen LogP contribution in [0.3, 0.4) is 0 Å². The molecule has 94 valence electrons. The Morgan fingerprint density at radius 2 is 2.12 bits per heavy atom. The van der Waals surface area contributed by atoms with Crippen molar-refractivity contribution < 1.29 is 4.74 Å². The summed E-state index contributed by atoms with van der Waals surface area (Å²) in [7, 11) is 0. The number of ether oxygens (including phenoxy) is 1. The molecule has 1 saturated heterocycles. The lowest BCUT2D eigenvalue weighted by molar-refractivity contribution is 0.0174. The standard InChI is InChI=1S/C13H26N2O/c1-3-16-9-8-15-10-12(2)14-11-13(15)6-4-5-7-13/h12,14H,3-11H2,1-2H3. The summed E-state index contributed by atoms with van der Waals surface area (Å²) in [4.78, 5) is 2.69. The van der Waals surface area contributed by atoms with Gasteiger partial charge in [-0.05, 0) is 26.7 Å². The summed E-state index contributed by atoms with van der Waals surface area (Å²) >= 11 is 0. The van der Waals surface area contributed by atoms with Gasteiger partial charge in [0.05, 0.1) is 6.61 Å². The zero-order valence-electron chi connectivity index (χ0n) is 10.8. The molecule has 2 rings (SSSR count). The molecule has 1 spiro atoms. The van der Waals surface area contributed by atoms with Gasteiger partial charge in [0.25, 0.3) is 0 Å². The summed E-state index contributed by atoms with van der Waals surface area (Å²) in [6.07, 6.45) is 5.56. The molecule has 0 amide bonds. The first-order valence-electron chi connectivity index (χ1n) is 6.83. The molecule has 16 heavy (non-hydrogen) atoms. The van der Waals surface area contributed by atoms with Crippen molar-refractivity contribution in [1.82, 2.24) is 10.2 Å². The van der Waals surface area contributed by atoms with Crippen molar-refractivity contribution in [3.63, 3.8) is 0 Å². The van der Waals surface area contributed by atoms with Crippen molar-refractivity contribution in [2.24, 2.45) is 0 Å². The third kappa shape index (κ3) is 2.58. The number of nitrogens with zero attached hydrogens (tertiary/aromatic N) is 1. The van der Waals surface area contributed by atoms with Gasteiger partial charge in [-0.25, -0.2) is 0 Å². The lowest BCUT2D eigenvalue weighted by atomic mass is 9.91. The van der Waals surface area contributed by atoms with Crippen LogP contribution in [0.2, 0.25) is 0 Å². The first-order valence-corrected chi connectivity index (χ1v) is 6.83. The number of hydrogen-bond donors (Lipinski definition) is 1. The van der Waals surface area contributed by atoms with Gasteiger partial charge in [0.2, 0.25) is 0 Å². The van der Waals surface area contributed by atoms with E-state index in [9.17, 15) is 0 Å². The minimum Gasteiger partial charge on any atom is -0.380 e. The SMILES string of the molecule is CCOCCN1CC(C)NCC12CCCC2. The molecule has 1 heterocycles. The molecule has 0 aromatic carbocycles. The monoisotopic (exact) mass is 226 g/mol. The molecule has 1 atom stereocenters. The first-order chi connectivity index (χ1) is 7.77. The van der Waals surface area contributed by atoms with E-state index in [4.69, 9.17) is 4.74 Å². The van der Waals surface area contributed by atoms with Crippen LogP contribution < -0.4 is 5.32 Å². The molecular formula is C13H26N2O. The van der Waals surface area contributed by atoms with Gasteiger partial charge >= 0.3 is 0 Å². The molecule has 2 aliphatic rings. The minimum atomic E-state index is 0.462. The van der Waals surface area contributed by atoms with E-state index in [0.29, 0.717) is 11.6 Å². The second-order valence-corrected chi connectivity index (χ2v) is 5.36. The molecule has 0 aromatic heterocycles. The van der Waals surface area contributed by atoms with Gasteiger partial charge in [0.15, 0.2) is 0 Å². The van der Waals surface area contributed by atoms with Gasteiger partial charge in [-0.2, -0.15) is 0 Å². The van der Waals surface area contributed by atoms with Gasteiger partial charge in [0, 0.05) is 37.8 Å². The van der Waals surface area contributed by atoms with E-state index < -0.39 is 0 Å². The van der Waals surface area contributed by atoms with Gasteiger partial charge in [0.1, 0.15) is 0 Å². The predicted octanol–water partition coefficient (Wildman–Crippen LogP) is 1.63. The second kappa shape index (κ2) is 5.48. The predicted molar refractivity (Wildman–Crippen MR) is 66.7 cm³/mol. The molecule has 1 saturated carbocycles. The molecule has 3 heteroatoms. The van der Waals surface area contributed by atoms with Crippen molar-refractivity contribution in [3.05, 3.63) is 0 Å². The summed E-state index contributed by atoms with van der Waals surface area (Å²) in [5.41, 5.74) is 0.462. The fourth-order valence-electron chi connectivity index (χ4n) is 3.24. The normalized spacial score (nSPS) is 30.0. The zero-order valence-corrected chi connectivity index (χ0v) is 10.8.